The first-order valence-corrected chi connectivity index (χ1v) is 6.95. The normalized spacial score (nSPS) is 29.8. The lowest BCUT2D eigenvalue weighted by atomic mass is 9.81. The van der Waals surface area contributed by atoms with Crippen LogP contribution < -0.4 is 5.43 Å². The SMILES string of the molecule is O=C(O)C1CCCC(C(=O)NN2CCCCC2)C1. The van der Waals surface area contributed by atoms with Gasteiger partial charge in [-0.25, -0.2) is 5.01 Å². The van der Waals surface area contributed by atoms with Crippen molar-refractivity contribution in [3.8, 4) is 0 Å². The second-order valence-electron chi connectivity index (χ2n) is 5.42. The van der Waals surface area contributed by atoms with E-state index in [1.807, 2.05) is 5.01 Å². The Kier molecular flexibility index (Phi) is 4.58. The summed E-state index contributed by atoms with van der Waals surface area (Å²) < 4.78 is 0. The largest absolute Gasteiger partial charge is 0.481 e. The fraction of sp³-hybridized carbons (Fsp3) is 0.846. The van der Waals surface area contributed by atoms with Gasteiger partial charge in [0.25, 0.3) is 0 Å². The quantitative estimate of drug-likeness (QED) is 0.798. The van der Waals surface area contributed by atoms with E-state index in [0.29, 0.717) is 12.8 Å². The van der Waals surface area contributed by atoms with E-state index in [0.717, 1.165) is 38.8 Å². The molecule has 5 heteroatoms. The van der Waals surface area contributed by atoms with Gasteiger partial charge in [-0.05, 0) is 32.1 Å². The number of hydrazine groups is 1. The van der Waals surface area contributed by atoms with Crippen LogP contribution in [0.4, 0.5) is 0 Å². The Morgan fingerprint density at radius 2 is 1.67 bits per heavy atom. The Balaban J connectivity index is 1.82. The number of hydrogen-bond donors (Lipinski definition) is 2. The number of aliphatic carboxylic acids is 1. The summed E-state index contributed by atoms with van der Waals surface area (Å²) >= 11 is 0. The van der Waals surface area contributed by atoms with Gasteiger partial charge in [-0.2, -0.15) is 0 Å². The van der Waals surface area contributed by atoms with Gasteiger partial charge in [0.2, 0.25) is 5.91 Å². The van der Waals surface area contributed by atoms with Gasteiger partial charge in [0.05, 0.1) is 5.92 Å². The van der Waals surface area contributed by atoms with Crippen molar-refractivity contribution in [3.63, 3.8) is 0 Å². The molecular weight excluding hydrogens is 232 g/mol. The predicted octanol–water partition coefficient (Wildman–Crippen LogP) is 1.39. The molecule has 2 unspecified atom stereocenters. The zero-order valence-corrected chi connectivity index (χ0v) is 10.7. The lowest BCUT2D eigenvalue weighted by Gasteiger charge is -2.31. The van der Waals surface area contributed by atoms with Crippen LogP contribution in [0.1, 0.15) is 44.9 Å². The molecule has 1 aliphatic carbocycles. The number of nitrogens with one attached hydrogen (secondary N) is 1. The Bertz CT molecular complexity index is 313. The molecule has 1 aliphatic heterocycles. The Morgan fingerprint density at radius 1 is 1.00 bits per heavy atom. The summed E-state index contributed by atoms with van der Waals surface area (Å²) in [5.41, 5.74) is 2.95. The predicted molar refractivity (Wildman–Crippen MR) is 66.7 cm³/mol. The van der Waals surface area contributed by atoms with Crippen molar-refractivity contribution in [3.05, 3.63) is 0 Å². The summed E-state index contributed by atoms with van der Waals surface area (Å²) in [6, 6.07) is 0. The van der Waals surface area contributed by atoms with Crippen molar-refractivity contribution < 1.29 is 14.7 Å². The van der Waals surface area contributed by atoms with E-state index in [-0.39, 0.29) is 17.7 Å². The summed E-state index contributed by atoms with van der Waals surface area (Å²) in [5, 5.41) is 11.0. The van der Waals surface area contributed by atoms with Crippen LogP contribution in [-0.2, 0) is 9.59 Å². The highest BCUT2D eigenvalue weighted by Gasteiger charge is 2.31. The molecule has 2 aliphatic rings. The maximum atomic E-state index is 12.1. The van der Waals surface area contributed by atoms with Gasteiger partial charge in [0, 0.05) is 19.0 Å². The molecule has 1 heterocycles. The average Bonchev–Trinajstić information content (AvgIpc) is 2.40. The first-order chi connectivity index (χ1) is 8.66. The van der Waals surface area contributed by atoms with Crippen LogP contribution in [0.25, 0.3) is 0 Å². The number of carbonyl (C=O) groups excluding carboxylic acids is 1. The van der Waals surface area contributed by atoms with E-state index in [1.54, 1.807) is 0 Å². The van der Waals surface area contributed by atoms with Crippen molar-refractivity contribution in [2.24, 2.45) is 11.8 Å². The third kappa shape index (κ3) is 3.45. The molecule has 0 aromatic carbocycles. The maximum absolute atomic E-state index is 12.1. The van der Waals surface area contributed by atoms with Crippen LogP contribution in [0.5, 0.6) is 0 Å². The maximum Gasteiger partial charge on any atom is 0.306 e. The standard InChI is InChI=1S/C13H22N2O3/c16-12(14-15-7-2-1-3-8-15)10-5-4-6-11(9-10)13(17)18/h10-11H,1-9H2,(H,14,16)(H,17,18). The number of piperidine rings is 1. The summed E-state index contributed by atoms with van der Waals surface area (Å²) in [4.78, 5) is 23.1. The number of carboxylic acids is 1. The number of hydrogen-bond acceptors (Lipinski definition) is 3. The van der Waals surface area contributed by atoms with E-state index in [2.05, 4.69) is 5.43 Å². The summed E-state index contributed by atoms with van der Waals surface area (Å²) in [5.74, 6) is -1.20. The third-order valence-electron chi connectivity index (χ3n) is 4.02. The second-order valence-corrected chi connectivity index (χ2v) is 5.42. The zero-order chi connectivity index (χ0) is 13.0. The highest BCUT2D eigenvalue weighted by molar-refractivity contribution is 5.79. The molecule has 2 atom stereocenters. The molecule has 0 aromatic rings. The Morgan fingerprint density at radius 3 is 2.33 bits per heavy atom. The van der Waals surface area contributed by atoms with E-state index in [9.17, 15) is 9.59 Å². The Hall–Kier alpha value is -1.10. The first-order valence-electron chi connectivity index (χ1n) is 6.95. The fourth-order valence-electron chi connectivity index (χ4n) is 2.91. The van der Waals surface area contributed by atoms with Crippen LogP contribution in [-0.4, -0.2) is 35.1 Å². The molecule has 2 fully saturated rings. The van der Waals surface area contributed by atoms with Gasteiger partial charge in [0.15, 0.2) is 0 Å². The monoisotopic (exact) mass is 254 g/mol. The van der Waals surface area contributed by atoms with Gasteiger partial charge >= 0.3 is 5.97 Å². The zero-order valence-electron chi connectivity index (χ0n) is 10.7. The molecule has 2 N–H and O–H groups in total. The summed E-state index contributed by atoms with van der Waals surface area (Å²) in [7, 11) is 0. The van der Waals surface area contributed by atoms with Crippen LogP contribution in [0.2, 0.25) is 0 Å². The molecule has 1 saturated carbocycles. The number of rotatable bonds is 3. The van der Waals surface area contributed by atoms with Gasteiger partial charge in [0.1, 0.15) is 0 Å². The second kappa shape index (κ2) is 6.18. The molecule has 2 rings (SSSR count). The van der Waals surface area contributed by atoms with Crippen molar-refractivity contribution in [1.82, 2.24) is 10.4 Å². The highest BCUT2D eigenvalue weighted by atomic mass is 16.4. The van der Waals surface area contributed by atoms with Crippen LogP contribution in [0.3, 0.4) is 0 Å². The van der Waals surface area contributed by atoms with Gasteiger partial charge in [-0.15, -0.1) is 0 Å². The van der Waals surface area contributed by atoms with Crippen LogP contribution in [0, 0.1) is 11.8 Å². The highest BCUT2D eigenvalue weighted by Crippen LogP contribution is 2.29. The van der Waals surface area contributed by atoms with E-state index in [1.165, 1.54) is 6.42 Å². The minimum Gasteiger partial charge on any atom is -0.481 e. The molecule has 0 spiro atoms. The molecule has 0 aromatic heterocycles. The van der Waals surface area contributed by atoms with E-state index < -0.39 is 5.97 Å². The lowest BCUT2D eigenvalue weighted by Crippen LogP contribution is -2.48. The molecule has 1 amide bonds. The number of carboxylic acid groups (broad SMARTS) is 1. The van der Waals surface area contributed by atoms with E-state index >= 15 is 0 Å². The Labute approximate surface area is 108 Å². The number of carbonyl (C=O) groups is 2. The van der Waals surface area contributed by atoms with Gasteiger partial charge < -0.3 is 5.11 Å². The molecule has 1 saturated heterocycles. The average molecular weight is 254 g/mol. The molecular formula is C13H22N2O3. The first kappa shape index (κ1) is 13.3. The van der Waals surface area contributed by atoms with Crippen molar-refractivity contribution in [1.29, 1.82) is 0 Å². The topological polar surface area (TPSA) is 69.6 Å². The molecule has 5 nitrogen and oxygen atoms in total. The van der Waals surface area contributed by atoms with Gasteiger partial charge in [-0.3, -0.25) is 15.0 Å². The number of amides is 1. The summed E-state index contributed by atoms with van der Waals surface area (Å²) in [6.07, 6.45) is 6.36. The smallest absolute Gasteiger partial charge is 0.306 e. The molecule has 0 radical (unpaired) electrons. The molecule has 102 valence electrons. The fourth-order valence-corrected chi connectivity index (χ4v) is 2.91. The number of nitrogens with zero attached hydrogens (tertiary/aromatic N) is 1. The van der Waals surface area contributed by atoms with Gasteiger partial charge in [-0.1, -0.05) is 12.8 Å². The van der Waals surface area contributed by atoms with E-state index in [4.69, 9.17) is 5.11 Å². The summed E-state index contributed by atoms with van der Waals surface area (Å²) in [6.45, 7) is 1.83. The van der Waals surface area contributed by atoms with Crippen molar-refractivity contribution in [2.45, 2.75) is 44.9 Å². The minimum atomic E-state index is -0.759. The molecule has 0 bridgehead atoms. The van der Waals surface area contributed by atoms with Crippen molar-refractivity contribution in [2.75, 3.05) is 13.1 Å². The van der Waals surface area contributed by atoms with Crippen LogP contribution >= 0.6 is 0 Å². The third-order valence-corrected chi connectivity index (χ3v) is 4.02. The lowest BCUT2D eigenvalue weighted by molar-refractivity contribution is -0.144. The van der Waals surface area contributed by atoms with Crippen molar-refractivity contribution >= 4 is 11.9 Å². The van der Waals surface area contributed by atoms with Crippen LogP contribution in [0.15, 0.2) is 0 Å². The molecule has 18 heavy (non-hydrogen) atoms. The minimum absolute atomic E-state index is 0.0165.